The van der Waals surface area contributed by atoms with E-state index >= 15 is 0 Å². The summed E-state index contributed by atoms with van der Waals surface area (Å²) in [6.07, 6.45) is 0.819. The van der Waals surface area contributed by atoms with Crippen LogP contribution in [-0.2, 0) is 6.42 Å². The van der Waals surface area contributed by atoms with Crippen molar-refractivity contribution >= 4 is 10.8 Å². The first-order valence-corrected chi connectivity index (χ1v) is 10.0. The molecular weight excluding hydrogens is 372 g/mol. The summed E-state index contributed by atoms with van der Waals surface area (Å²) in [5.74, 6) is 1.32. The van der Waals surface area contributed by atoms with Gasteiger partial charge in [0.15, 0.2) is 16.9 Å². The van der Waals surface area contributed by atoms with Crippen LogP contribution in [0.25, 0.3) is 33.0 Å². The van der Waals surface area contributed by atoms with Gasteiger partial charge in [-0.25, -0.2) is 0 Å². The fourth-order valence-electron chi connectivity index (χ4n) is 4.68. The first-order chi connectivity index (χ1) is 14.6. The molecule has 0 spiro atoms. The van der Waals surface area contributed by atoms with Gasteiger partial charge < -0.3 is 9.47 Å². The molecule has 1 aliphatic rings. The average Bonchev–Trinajstić information content (AvgIpc) is 3.14. The lowest BCUT2D eigenvalue weighted by atomic mass is 9.93. The summed E-state index contributed by atoms with van der Waals surface area (Å²) in [4.78, 5) is 13.5. The van der Waals surface area contributed by atoms with Crippen molar-refractivity contribution in [2.45, 2.75) is 13.3 Å². The molecule has 4 aromatic rings. The second kappa shape index (κ2) is 7.03. The number of fused-ring (bicyclic) bond motifs is 5. The minimum atomic E-state index is 0.0715. The Hall–Kier alpha value is -3.59. The molecule has 0 fully saturated rings. The van der Waals surface area contributed by atoms with Crippen LogP contribution in [0.3, 0.4) is 0 Å². The zero-order chi connectivity index (χ0) is 20.8. The van der Waals surface area contributed by atoms with Crippen molar-refractivity contribution in [3.8, 4) is 33.8 Å². The van der Waals surface area contributed by atoms with Gasteiger partial charge in [-0.2, -0.15) is 0 Å². The van der Waals surface area contributed by atoms with Crippen molar-refractivity contribution in [1.29, 1.82) is 0 Å². The van der Waals surface area contributed by atoms with Crippen LogP contribution in [0.5, 0.6) is 11.5 Å². The third-order valence-corrected chi connectivity index (χ3v) is 6.09. The van der Waals surface area contributed by atoms with Crippen LogP contribution in [0.1, 0.15) is 16.7 Å². The molecule has 0 aromatic heterocycles. The normalized spacial score (nSPS) is 11.8. The minimum absolute atomic E-state index is 0.0715. The fraction of sp³-hybridized carbons (Fsp3) is 0.148. The maximum Gasteiger partial charge on any atom is 0.189 e. The Morgan fingerprint density at radius 1 is 0.767 bits per heavy atom. The SMILES string of the molecule is COc1ccc(-c2c3c(c4ccccc4c(=O)c2C)Cc2ccccc2-3)cc1OC. The number of methoxy groups -OCH3 is 2. The Morgan fingerprint density at radius 2 is 1.47 bits per heavy atom. The van der Waals surface area contributed by atoms with Crippen molar-refractivity contribution in [2.24, 2.45) is 0 Å². The van der Waals surface area contributed by atoms with E-state index in [0.717, 1.165) is 39.4 Å². The smallest absolute Gasteiger partial charge is 0.189 e. The molecule has 0 unspecified atom stereocenters. The molecule has 0 radical (unpaired) electrons. The van der Waals surface area contributed by atoms with Crippen LogP contribution < -0.4 is 14.9 Å². The molecule has 0 heterocycles. The molecule has 0 aliphatic heterocycles. The highest BCUT2D eigenvalue weighted by Gasteiger charge is 2.26. The molecule has 3 heteroatoms. The maximum atomic E-state index is 13.5. The summed E-state index contributed by atoms with van der Waals surface area (Å²) in [5, 5.41) is 1.80. The number of hydrogen-bond acceptors (Lipinski definition) is 3. The van der Waals surface area contributed by atoms with Gasteiger partial charge in [-0.15, -0.1) is 0 Å². The highest BCUT2D eigenvalue weighted by Crippen LogP contribution is 2.46. The van der Waals surface area contributed by atoms with E-state index < -0.39 is 0 Å². The molecule has 4 aromatic carbocycles. The topological polar surface area (TPSA) is 35.5 Å². The summed E-state index contributed by atoms with van der Waals surface area (Å²) < 4.78 is 11.0. The van der Waals surface area contributed by atoms with Gasteiger partial charge in [0, 0.05) is 10.9 Å². The summed E-state index contributed by atoms with van der Waals surface area (Å²) in [6.45, 7) is 1.93. The van der Waals surface area contributed by atoms with Gasteiger partial charge in [0.05, 0.1) is 14.2 Å². The molecule has 3 nitrogen and oxygen atoms in total. The van der Waals surface area contributed by atoms with E-state index in [1.165, 1.54) is 16.7 Å². The van der Waals surface area contributed by atoms with E-state index in [1.807, 2.05) is 43.3 Å². The van der Waals surface area contributed by atoms with E-state index in [0.29, 0.717) is 11.5 Å². The number of benzene rings is 3. The van der Waals surface area contributed by atoms with Crippen LogP contribution >= 0.6 is 0 Å². The highest BCUT2D eigenvalue weighted by atomic mass is 16.5. The van der Waals surface area contributed by atoms with E-state index in [9.17, 15) is 4.79 Å². The molecule has 0 N–H and O–H groups in total. The van der Waals surface area contributed by atoms with Gasteiger partial charge in [-0.3, -0.25) is 4.79 Å². The lowest BCUT2D eigenvalue weighted by Crippen LogP contribution is -2.04. The van der Waals surface area contributed by atoms with Crippen LogP contribution in [-0.4, -0.2) is 14.2 Å². The first-order valence-electron chi connectivity index (χ1n) is 10.0. The third-order valence-electron chi connectivity index (χ3n) is 6.09. The van der Waals surface area contributed by atoms with Gasteiger partial charge in [-0.05, 0) is 64.2 Å². The number of rotatable bonds is 3. The molecule has 0 bridgehead atoms. The Bertz CT molecular complexity index is 1370. The lowest BCUT2D eigenvalue weighted by molar-refractivity contribution is 0.355. The van der Waals surface area contributed by atoms with Crippen molar-refractivity contribution < 1.29 is 9.47 Å². The van der Waals surface area contributed by atoms with E-state index in [-0.39, 0.29) is 5.43 Å². The summed E-state index contributed by atoms with van der Waals surface area (Å²) in [5.41, 5.74) is 7.58. The summed E-state index contributed by atoms with van der Waals surface area (Å²) >= 11 is 0. The second-order valence-electron chi connectivity index (χ2n) is 7.63. The van der Waals surface area contributed by atoms with E-state index in [4.69, 9.17) is 9.47 Å². The van der Waals surface area contributed by atoms with Gasteiger partial charge in [0.25, 0.3) is 0 Å². The van der Waals surface area contributed by atoms with Crippen molar-refractivity contribution in [2.75, 3.05) is 14.2 Å². The molecule has 0 amide bonds. The number of hydrogen-bond donors (Lipinski definition) is 0. The Balaban J connectivity index is 1.98. The van der Waals surface area contributed by atoms with Crippen molar-refractivity contribution in [3.05, 3.63) is 93.6 Å². The zero-order valence-electron chi connectivity index (χ0n) is 17.3. The molecule has 0 atom stereocenters. The van der Waals surface area contributed by atoms with Gasteiger partial charge in [-0.1, -0.05) is 54.6 Å². The largest absolute Gasteiger partial charge is 0.493 e. The Labute approximate surface area is 175 Å². The summed E-state index contributed by atoms with van der Waals surface area (Å²) in [7, 11) is 3.26. The molecule has 0 saturated carbocycles. The van der Waals surface area contributed by atoms with Gasteiger partial charge in [0.1, 0.15) is 0 Å². The first kappa shape index (κ1) is 18.4. The highest BCUT2D eigenvalue weighted by molar-refractivity contribution is 6.01. The van der Waals surface area contributed by atoms with Crippen molar-refractivity contribution in [1.82, 2.24) is 0 Å². The van der Waals surface area contributed by atoms with Crippen LogP contribution in [0, 0.1) is 6.92 Å². The Morgan fingerprint density at radius 3 is 2.23 bits per heavy atom. The monoisotopic (exact) mass is 394 g/mol. The van der Waals surface area contributed by atoms with Crippen molar-refractivity contribution in [3.63, 3.8) is 0 Å². The Kier molecular flexibility index (Phi) is 4.32. The van der Waals surface area contributed by atoms with Crippen LogP contribution in [0.2, 0.25) is 0 Å². The lowest BCUT2D eigenvalue weighted by Gasteiger charge is -2.13. The zero-order valence-corrected chi connectivity index (χ0v) is 17.3. The van der Waals surface area contributed by atoms with Gasteiger partial charge >= 0.3 is 0 Å². The quantitative estimate of drug-likeness (QED) is 0.390. The molecule has 148 valence electrons. The fourth-order valence-corrected chi connectivity index (χ4v) is 4.68. The molecule has 5 rings (SSSR count). The van der Waals surface area contributed by atoms with E-state index in [2.05, 4.69) is 30.3 Å². The average molecular weight is 394 g/mol. The third kappa shape index (κ3) is 2.62. The number of ether oxygens (including phenoxy) is 2. The predicted octanol–water partition coefficient (Wildman–Crippen LogP) is 5.76. The standard InChI is InChI=1S/C27H22O3/c1-16-25(18-12-13-23(29-2)24(15-18)30-3)26-19-9-5-4-8-17(19)14-22(26)20-10-6-7-11-21(20)27(16)28/h4-13,15H,14H2,1-3H3. The summed E-state index contributed by atoms with van der Waals surface area (Å²) in [6, 6.07) is 22.3. The minimum Gasteiger partial charge on any atom is -0.493 e. The molecular formula is C27H22O3. The van der Waals surface area contributed by atoms with Gasteiger partial charge in [0.2, 0.25) is 0 Å². The second-order valence-corrected chi connectivity index (χ2v) is 7.63. The maximum absolute atomic E-state index is 13.5. The van der Waals surface area contributed by atoms with E-state index in [1.54, 1.807) is 14.2 Å². The molecule has 1 aliphatic carbocycles. The molecule has 0 saturated heterocycles. The predicted molar refractivity (Wildman–Crippen MR) is 122 cm³/mol. The van der Waals surface area contributed by atoms with Crippen LogP contribution in [0.4, 0.5) is 0 Å². The molecule has 30 heavy (non-hydrogen) atoms. The van der Waals surface area contributed by atoms with Crippen LogP contribution in [0.15, 0.2) is 71.5 Å².